The molecular weight excluding hydrogens is 228 g/mol. The summed E-state index contributed by atoms with van der Waals surface area (Å²) < 4.78 is 11.4. The molecule has 4 nitrogen and oxygen atoms in total. The van der Waals surface area contributed by atoms with Gasteiger partial charge in [0.1, 0.15) is 5.75 Å². The van der Waals surface area contributed by atoms with Crippen LogP contribution in [-0.4, -0.2) is 51.9 Å². The van der Waals surface area contributed by atoms with Crippen molar-refractivity contribution in [2.75, 3.05) is 40.9 Å². The predicted octanol–water partition coefficient (Wildman–Crippen LogP) is 1.29. The monoisotopic (exact) mass is 250 g/mol. The molecule has 1 aromatic carbocycles. The van der Waals surface area contributed by atoms with Crippen molar-refractivity contribution in [1.82, 2.24) is 10.2 Å². The van der Waals surface area contributed by atoms with Gasteiger partial charge in [-0.05, 0) is 20.2 Å². The van der Waals surface area contributed by atoms with Crippen LogP contribution in [0, 0.1) is 0 Å². The Labute approximate surface area is 109 Å². The summed E-state index contributed by atoms with van der Waals surface area (Å²) in [4.78, 5) is 2.19. The van der Waals surface area contributed by atoms with Gasteiger partial charge in [-0.1, -0.05) is 18.2 Å². The Kier molecular flexibility index (Phi) is 4.58. The summed E-state index contributed by atoms with van der Waals surface area (Å²) in [5, 5.41) is 3.38. The van der Waals surface area contributed by atoms with Gasteiger partial charge < -0.3 is 14.8 Å². The first-order valence-corrected chi connectivity index (χ1v) is 6.35. The molecule has 1 heterocycles. The van der Waals surface area contributed by atoms with Crippen LogP contribution in [-0.2, 0) is 4.74 Å². The fourth-order valence-electron chi connectivity index (χ4n) is 2.51. The number of nitrogens with one attached hydrogen (secondary N) is 1. The summed E-state index contributed by atoms with van der Waals surface area (Å²) in [6, 6.07) is 8.36. The highest BCUT2D eigenvalue weighted by molar-refractivity contribution is 5.36. The van der Waals surface area contributed by atoms with E-state index in [9.17, 15) is 0 Å². The molecule has 1 fully saturated rings. The minimum Gasteiger partial charge on any atom is -0.496 e. The Balaban J connectivity index is 2.28. The molecular formula is C14H22N2O2. The quantitative estimate of drug-likeness (QED) is 0.873. The van der Waals surface area contributed by atoms with E-state index in [1.54, 1.807) is 7.11 Å². The van der Waals surface area contributed by atoms with Crippen molar-refractivity contribution in [3.8, 4) is 5.75 Å². The average Bonchev–Trinajstić information content (AvgIpc) is 2.40. The molecule has 1 aromatic rings. The first kappa shape index (κ1) is 13.3. The number of morpholine rings is 1. The smallest absolute Gasteiger partial charge is 0.123 e. The number of hydrogen-bond donors (Lipinski definition) is 1. The SMILES string of the molecule is COc1ccccc1C(C1CNCCO1)N(C)C. The lowest BCUT2D eigenvalue weighted by Gasteiger charge is -2.35. The first-order chi connectivity index (χ1) is 8.74. The van der Waals surface area contributed by atoms with E-state index in [1.165, 1.54) is 5.56 Å². The average molecular weight is 250 g/mol. The van der Waals surface area contributed by atoms with Crippen LogP contribution < -0.4 is 10.1 Å². The maximum atomic E-state index is 5.90. The van der Waals surface area contributed by atoms with Gasteiger partial charge in [0.05, 0.1) is 25.9 Å². The molecule has 1 aliphatic rings. The second-order valence-corrected chi connectivity index (χ2v) is 4.76. The fraction of sp³-hybridized carbons (Fsp3) is 0.571. The van der Waals surface area contributed by atoms with Gasteiger partial charge in [-0.25, -0.2) is 0 Å². The lowest BCUT2D eigenvalue weighted by molar-refractivity contribution is -0.0217. The molecule has 1 saturated heterocycles. The Morgan fingerprint density at radius 2 is 2.17 bits per heavy atom. The molecule has 1 N–H and O–H groups in total. The molecule has 0 spiro atoms. The Morgan fingerprint density at radius 1 is 1.39 bits per heavy atom. The number of methoxy groups -OCH3 is 1. The molecule has 0 radical (unpaired) electrons. The largest absolute Gasteiger partial charge is 0.496 e. The van der Waals surface area contributed by atoms with Gasteiger partial charge >= 0.3 is 0 Å². The van der Waals surface area contributed by atoms with E-state index < -0.39 is 0 Å². The molecule has 0 saturated carbocycles. The highest BCUT2D eigenvalue weighted by atomic mass is 16.5. The van der Waals surface area contributed by atoms with Crippen LogP contribution in [0.5, 0.6) is 5.75 Å². The second kappa shape index (κ2) is 6.18. The maximum Gasteiger partial charge on any atom is 0.123 e. The van der Waals surface area contributed by atoms with E-state index in [0.717, 1.165) is 25.4 Å². The van der Waals surface area contributed by atoms with Crippen molar-refractivity contribution < 1.29 is 9.47 Å². The van der Waals surface area contributed by atoms with Gasteiger partial charge in [0.2, 0.25) is 0 Å². The summed E-state index contributed by atoms with van der Waals surface area (Å²) in [7, 11) is 5.87. The van der Waals surface area contributed by atoms with Crippen LogP contribution in [0.4, 0.5) is 0 Å². The van der Waals surface area contributed by atoms with Gasteiger partial charge in [-0.2, -0.15) is 0 Å². The van der Waals surface area contributed by atoms with Crippen molar-refractivity contribution in [3.63, 3.8) is 0 Å². The standard InChI is InChI=1S/C14H22N2O2/c1-16(2)14(13-10-15-8-9-18-13)11-6-4-5-7-12(11)17-3/h4-7,13-15H,8-10H2,1-3H3. The predicted molar refractivity (Wildman–Crippen MR) is 72.0 cm³/mol. The van der Waals surface area contributed by atoms with E-state index >= 15 is 0 Å². The summed E-state index contributed by atoms with van der Waals surface area (Å²) in [5.74, 6) is 0.922. The van der Waals surface area contributed by atoms with E-state index in [2.05, 4.69) is 30.4 Å². The number of nitrogens with zero attached hydrogens (tertiary/aromatic N) is 1. The Hall–Kier alpha value is -1.10. The van der Waals surface area contributed by atoms with Gasteiger partial charge in [-0.15, -0.1) is 0 Å². The molecule has 0 aliphatic carbocycles. The number of hydrogen-bond acceptors (Lipinski definition) is 4. The third kappa shape index (κ3) is 2.83. The number of rotatable bonds is 4. The summed E-state index contributed by atoms with van der Waals surface area (Å²) >= 11 is 0. The molecule has 4 heteroatoms. The lowest BCUT2D eigenvalue weighted by Crippen LogP contribution is -2.45. The number of ether oxygens (including phenoxy) is 2. The first-order valence-electron chi connectivity index (χ1n) is 6.35. The van der Waals surface area contributed by atoms with E-state index in [4.69, 9.17) is 9.47 Å². The maximum absolute atomic E-state index is 5.90. The highest BCUT2D eigenvalue weighted by Gasteiger charge is 2.29. The third-order valence-electron chi connectivity index (χ3n) is 3.32. The Morgan fingerprint density at radius 3 is 2.78 bits per heavy atom. The van der Waals surface area contributed by atoms with Gasteiger partial charge in [0.15, 0.2) is 0 Å². The normalized spacial score (nSPS) is 21.9. The molecule has 0 amide bonds. The molecule has 0 aromatic heterocycles. The van der Waals surface area contributed by atoms with Crippen LogP contribution in [0.25, 0.3) is 0 Å². The molecule has 2 rings (SSSR count). The number of para-hydroxylation sites is 1. The molecule has 0 bridgehead atoms. The van der Waals surface area contributed by atoms with Crippen LogP contribution >= 0.6 is 0 Å². The lowest BCUT2D eigenvalue weighted by atomic mass is 9.98. The fourth-order valence-corrected chi connectivity index (χ4v) is 2.51. The Bertz CT molecular complexity index is 376. The van der Waals surface area contributed by atoms with Gasteiger partial charge in [-0.3, -0.25) is 4.90 Å². The van der Waals surface area contributed by atoms with E-state index in [1.807, 2.05) is 18.2 Å². The van der Waals surface area contributed by atoms with Crippen molar-refractivity contribution in [1.29, 1.82) is 0 Å². The minimum absolute atomic E-state index is 0.157. The van der Waals surface area contributed by atoms with Crippen molar-refractivity contribution in [2.45, 2.75) is 12.1 Å². The minimum atomic E-state index is 0.157. The van der Waals surface area contributed by atoms with Gasteiger partial charge in [0, 0.05) is 18.7 Å². The zero-order valence-corrected chi connectivity index (χ0v) is 11.3. The zero-order chi connectivity index (χ0) is 13.0. The van der Waals surface area contributed by atoms with E-state index in [0.29, 0.717) is 0 Å². The highest BCUT2D eigenvalue weighted by Crippen LogP contribution is 2.31. The summed E-state index contributed by atoms with van der Waals surface area (Å²) in [6.45, 7) is 2.58. The van der Waals surface area contributed by atoms with Crippen LogP contribution in [0.15, 0.2) is 24.3 Å². The van der Waals surface area contributed by atoms with E-state index in [-0.39, 0.29) is 12.1 Å². The van der Waals surface area contributed by atoms with Crippen molar-refractivity contribution in [2.24, 2.45) is 0 Å². The second-order valence-electron chi connectivity index (χ2n) is 4.76. The summed E-state index contributed by atoms with van der Waals surface area (Å²) in [6.07, 6.45) is 0.157. The van der Waals surface area contributed by atoms with Crippen molar-refractivity contribution >= 4 is 0 Å². The molecule has 1 aliphatic heterocycles. The zero-order valence-electron chi connectivity index (χ0n) is 11.3. The van der Waals surface area contributed by atoms with Crippen LogP contribution in [0.2, 0.25) is 0 Å². The third-order valence-corrected chi connectivity index (χ3v) is 3.32. The topological polar surface area (TPSA) is 33.7 Å². The van der Waals surface area contributed by atoms with Crippen LogP contribution in [0.1, 0.15) is 11.6 Å². The molecule has 2 unspecified atom stereocenters. The molecule has 2 atom stereocenters. The number of benzene rings is 1. The molecule has 18 heavy (non-hydrogen) atoms. The van der Waals surface area contributed by atoms with Crippen LogP contribution in [0.3, 0.4) is 0 Å². The molecule has 100 valence electrons. The number of likely N-dealkylation sites (N-methyl/N-ethyl adjacent to an activating group) is 1. The summed E-state index contributed by atoms with van der Waals surface area (Å²) in [5.41, 5.74) is 1.18. The van der Waals surface area contributed by atoms with Crippen molar-refractivity contribution in [3.05, 3.63) is 29.8 Å². The van der Waals surface area contributed by atoms with Gasteiger partial charge in [0.25, 0.3) is 0 Å².